The van der Waals surface area contributed by atoms with E-state index in [0.29, 0.717) is 6.42 Å². The van der Waals surface area contributed by atoms with Crippen LogP contribution in [0.25, 0.3) is 0 Å². The normalized spacial score (nSPS) is 10.2. The predicted molar refractivity (Wildman–Crippen MR) is 63.0 cm³/mol. The molecule has 88 valence electrons. The van der Waals surface area contributed by atoms with Crippen LogP contribution in [0.5, 0.6) is 5.75 Å². The van der Waals surface area contributed by atoms with Crippen LogP contribution in [0.3, 0.4) is 0 Å². The van der Waals surface area contributed by atoms with Gasteiger partial charge in [0.2, 0.25) is 0 Å². The van der Waals surface area contributed by atoms with Gasteiger partial charge in [0, 0.05) is 6.42 Å². The van der Waals surface area contributed by atoms with Crippen molar-refractivity contribution in [2.24, 2.45) is 0 Å². The van der Waals surface area contributed by atoms with Crippen molar-refractivity contribution in [3.63, 3.8) is 0 Å². The van der Waals surface area contributed by atoms with Crippen LogP contribution in [-0.4, -0.2) is 18.2 Å². The van der Waals surface area contributed by atoms with Crippen LogP contribution in [0.15, 0.2) is 12.1 Å². The molecule has 1 N–H and O–H groups in total. The van der Waals surface area contributed by atoms with Crippen molar-refractivity contribution in [3.05, 3.63) is 28.8 Å². The zero-order valence-electron chi connectivity index (χ0n) is 10.0. The summed E-state index contributed by atoms with van der Waals surface area (Å²) in [5, 5.41) is 8.59. The highest BCUT2D eigenvalue weighted by Crippen LogP contribution is 2.27. The number of aryl methyl sites for hydroxylation is 2. The summed E-state index contributed by atoms with van der Waals surface area (Å²) in [5.41, 5.74) is 3.42. The van der Waals surface area contributed by atoms with Gasteiger partial charge in [-0.3, -0.25) is 4.79 Å². The fraction of sp³-hybridized carbons (Fsp3) is 0.462. The average molecular weight is 222 g/mol. The van der Waals surface area contributed by atoms with Crippen LogP contribution in [0.1, 0.15) is 29.5 Å². The minimum atomic E-state index is -0.747. The number of carboxylic acids is 1. The number of methoxy groups -OCH3 is 1. The summed E-state index contributed by atoms with van der Waals surface area (Å²) in [6.45, 7) is 4.06. The van der Waals surface area contributed by atoms with E-state index in [1.165, 1.54) is 5.56 Å². The van der Waals surface area contributed by atoms with Gasteiger partial charge in [0.05, 0.1) is 7.11 Å². The number of hydrogen-bond acceptors (Lipinski definition) is 2. The Bertz CT molecular complexity index is 383. The Hall–Kier alpha value is -1.51. The molecule has 1 aromatic rings. The average Bonchev–Trinajstić information content (AvgIpc) is 2.23. The van der Waals surface area contributed by atoms with Crippen molar-refractivity contribution in [1.82, 2.24) is 0 Å². The van der Waals surface area contributed by atoms with Crippen LogP contribution >= 0.6 is 0 Å². The largest absolute Gasteiger partial charge is 0.496 e. The molecule has 0 saturated carbocycles. The lowest BCUT2D eigenvalue weighted by Crippen LogP contribution is -1.99. The highest BCUT2D eigenvalue weighted by Gasteiger charge is 2.08. The van der Waals surface area contributed by atoms with Gasteiger partial charge in [-0.25, -0.2) is 0 Å². The van der Waals surface area contributed by atoms with Crippen molar-refractivity contribution in [1.29, 1.82) is 0 Å². The maximum atomic E-state index is 10.4. The molecule has 3 nitrogen and oxygen atoms in total. The van der Waals surface area contributed by atoms with Gasteiger partial charge >= 0.3 is 5.97 Å². The van der Waals surface area contributed by atoms with E-state index in [4.69, 9.17) is 9.84 Å². The van der Waals surface area contributed by atoms with Crippen LogP contribution in [0.2, 0.25) is 0 Å². The molecule has 0 aromatic heterocycles. The van der Waals surface area contributed by atoms with Crippen molar-refractivity contribution < 1.29 is 14.6 Å². The van der Waals surface area contributed by atoms with Gasteiger partial charge in [-0.1, -0.05) is 12.1 Å². The highest BCUT2D eigenvalue weighted by atomic mass is 16.5. The SMILES string of the molecule is COc1c(CCCC(=O)O)ccc(C)c1C. The number of aliphatic carboxylic acids is 1. The Balaban J connectivity index is 2.79. The summed E-state index contributed by atoms with van der Waals surface area (Å²) >= 11 is 0. The molecule has 0 bridgehead atoms. The van der Waals surface area contributed by atoms with Gasteiger partial charge in [-0.05, 0) is 43.4 Å². The van der Waals surface area contributed by atoms with E-state index in [2.05, 4.69) is 0 Å². The standard InChI is InChI=1S/C13H18O3/c1-9-7-8-11(5-4-6-12(14)15)13(16-3)10(9)2/h7-8H,4-6H2,1-3H3,(H,14,15). The van der Waals surface area contributed by atoms with Crippen molar-refractivity contribution in [2.75, 3.05) is 7.11 Å². The first-order chi connectivity index (χ1) is 7.56. The zero-order chi connectivity index (χ0) is 12.1. The number of rotatable bonds is 5. The minimum absolute atomic E-state index is 0.204. The lowest BCUT2D eigenvalue weighted by molar-refractivity contribution is -0.137. The molecule has 1 aromatic carbocycles. The third-order valence-corrected chi connectivity index (χ3v) is 2.80. The van der Waals surface area contributed by atoms with Gasteiger partial charge in [0.1, 0.15) is 5.75 Å². The van der Waals surface area contributed by atoms with Crippen molar-refractivity contribution in [3.8, 4) is 5.75 Å². The molecule has 0 heterocycles. The molecule has 0 aliphatic rings. The summed E-state index contributed by atoms with van der Waals surface area (Å²) in [6, 6.07) is 4.07. The number of carbonyl (C=O) groups is 1. The Labute approximate surface area is 96.1 Å². The van der Waals surface area contributed by atoms with Gasteiger partial charge < -0.3 is 9.84 Å². The molecule has 0 saturated heterocycles. The molecule has 0 unspecified atom stereocenters. The second-order valence-corrected chi connectivity index (χ2v) is 3.95. The topological polar surface area (TPSA) is 46.5 Å². The quantitative estimate of drug-likeness (QED) is 0.833. The third kappa shape index (κ3) is 2.99. The molecule has 0 atom stereocenters. The maximum absolute atomic E-state index is 10.4. The van der Waals surface area contributed by atoms with E-state index in [0.717, 1.165) is 23.3 Å². The van der Waals surface area contributed by atoms with Crippen molar-refractivity contribution >= 4 is 5.97 Å². The van der Waals surface area contributed by atoms with E-state index in [1.807, 2.05) is 26.0 Å². The first kappa shape index (κ1) is 12.6. The summed E-state index contributed by atoms with van der Waals surface area (Å²) in [4.78, 5) is 10.4. The molecule has 1 rings (SSSR count). The number of hydrogen-bond donors (Lipinski definition) is 1. The van der Waals surface area contributed by atoms with Gasteiger partial charge in [0.15, 0.2) is 0 Å². The Morgan fingerprint density at radius 1 is 1.38 bits per heavy atom. The molecule has 0 fully saturated rings. The summed E-state index contributed by atoms with van der Waals surface area (Å²) in [7, 11) is 1.66. The van der Waals surface area contributed by atoms with E-state index >= 15 is 0 Å². The van der Waals surface area contributed by atoms with Crippen LogP contribution in [-0.2, 0) is 11.2 Å². The smallest absolute Gasteiger partial charge is 0.303 e. The fourth-order valence-electron chi connectivity index (χ4n) is 1.76. The van der Waals surface area contributed by atoms with Crippen LogP contribution < -0.4 is 4.74 Å². The van der Waals surface area contributed by atoms with E-state index in [9.17, 15) is 4.79 Å². The summed E-state index contributed by atoms with van der Waals surface area (Å²) in [5.74, 6) is 0.146. The predicted octanol–water partition coefficient (Wildman–Crippen LogP) is 2.72. The Morgan fingerprint density at radius 2 is 2.06 bits per heavy atom. The number of carboxylic acid groups (broad SMARTS) is 1. The first-order valence-electron chi connectivity index (χ1n) is 5.41. The summed E-state index contributed by atoms with van der Waals surface area (Å²) < 4.78 is 5.37. The number of ether oxygens (including phenoxy) is 1. The molecule has 16 heavy (non-hydrogen) atoms. The Kier molecular flexibility index (Phi) is 4.35. The second kappa shape index (κ2) is 5.54. The zero-order valence-corrected chi connectivity index (χ0v) is 10.0. The van der Waals surface area contributed by atoms with Gasteiger partial charge in [0.25, 0.3) is 0 Å². The molecule has 3 heteroatoms. The molecule has 0 aliphatic heterocycles. The Morgan fingerprint density at radius 3 is 2.62 bits per heavy atom. The molecule has 0 amide bonds. The van der Waals surface area contributed by atoms with E-state index in [1.54, 1.807) is 7.11 Å². The summed E-state index contributed by atoms with van der Waals surface area (Å²) in [6.07, 6.45) is 1.60. The first-order valence-corrected chi connectivity index (χ1v) is 5.41. The monoisotopic (exact) mass is 222 g/mol. The molecule has 0 spiro atoms. The second-order valence-electron chi connectivity index (χ2n) is 3.95. The van der Waals surface area contributed by atoms with Crippen LogP contribution in [0.4, 0.5) is 0 Å². The lowest BCUT2D eigenvalue weighted by atomic mass is 10.0. The lowest BCUT2D eigenvalue weighted by Gasteiger charge is -2.13. The van der Waals surface area contributed by atoms with Gasteiger partial charge in [-0.2, -0.15) is 0 Å². The number of benzene rings is 1. The molecular weight excluding hydrogens is 204 g/mol. The van der Waals surface area contributed by atoms with E-state index in [-0.39, 0.29) is 6.42 Å². The maximum Gasteiger partial charge on any atom is 0.303 e. The fourth-order valence-corrected chi connectivity index (χ4v) is 1.76. The highest BCUT2D eigenvalue weighted by molar-refractivity contribution is 5.66. The van der Waals surface area contributed by atoms with Crippen molar-refractivity contribution in [2.45, 2.75) is 33.1 Å². The molecule has 0 radical (unpaired) electrons. The molecular formula is C13H18O3. The third-order valence-electron chi connectivity index (χ3n) is 2.80. The van der Waals surface area contributed by atoms with E-state index < -0.39 is 5.97 Å². The van der Waals surface area contributed by atoms with Gasteiger partial charge in [-0.15, -0.1) is 0 Å². The minimum Gasteiger partial charge on any atom is -0.496 e. The van der Waals surface area contributed by atoms with Crippen LogP contribution in [0, 0.1) is 13.8 Å². The molecule has 0 aliphatic carbocycles.